The first-order chi connectivity index (χ1) is 8.58. The van der Waals surface area contributed by atoms with E-state index in [9.17, 15) is 0 Å². The van der Waals surface area contributed by atoms with E-state index in [-0.39, 0.29) is 0 Å². The molecule has 0 fully saturated rings. The predicted molar refractivity (Wildman–Crippen MR) is 83.2 cm³/mol. The molecule has 0 aliphatic carbocycles. The smallest absolute Gasteiger partial charge is 0.0314 e. The normalized spacial score (nSPS) is 12.7. The van der Waals surface area contributed by atoms with E-state index in [1.807, 2.05) is 11.3 Å². The van der Waals surface area contributed by atoms with Gasteiger partial charge in [-0.15, -0.1) is 11.3 Å². The number of benzene rings is 1. The summed E-state index contributed by atoms with van der Waals surface area (Å²) in [4.78, 5) is 2.72. The van der Waals surface area contributed by atoms with Gasteiger partial charge in [0.2, 0.25) is 0 Å². The topological polar surface area (TPSA) is 12.0 Å². The number of nitrogens with one attached hydrogen (secondary N) is 1. The fraction of sp³-hybridized carbons (Fsp3) is 0.333. The largest absolute Gasteiger partial charge is 0.305 e. The Morgan fingerprint density at radius 3 is 2.61 bits per heavy atom. The van der Waals surface area contributed by atoms with E-state index < -0.39 is 0 Å². The Kier molecular flexibility index (Phi) is 4.60. The molecule has 0 saturated carbocycles. The number of halogens is 1. The molecule has 1 atom stereocenters. The summed E-state index contributed by atoms with van der Waals surface area (Å²) >= 11 is 5.41. The summed E-state index contributed by atoms with van der Waals surface area (Å²) in [5, 5.41) is 3.59. The highest BCUT2D eigenvalue weighted by atomic mass is 79.9. The molecule has 1 heterocycles. The molecule has 3 heteroatoms. The van der Waals surface area contributed by atoms with Crippen LogP contribution in [0.3, 0.4) is 0 Å². The maximum absolute atomic E-state index is 3.59. The Balaban J connectivity index is 2.00. The highest BCUT2D eigenvalue weighted by Crippen LogP contribution is 2.27. The van der Waals surface area contributed by atoms with Crippen molar-refractivity contribution in [2.24, 2.45) is 0 Å². The highest BCUT2D eigenvalue weighted by molar-refractivity contribution is 9.10. The van der Waals surface area contributed by atoms with Gasteiger partial charge in [-0.2, -0.15) is 0 Å². The van der Waals surface area contributed by atoms with E-state index in [2.05, 4.69) is 72.3 Å². The lowest BCUT2D eigenvalue weighted by Crippen LogP contribution is -2.18. The third kappa shape index (κ3) is 3.22. The second-order valence-corrected chi connectivity index (χ2v) is 6.77. The van der Waals surface area contributed by atoms with Gasteiger partial charge in [-0.1, -0.05) is 24.3 Å². The second kappa shape index (κ2) is 6.00. The Bertz CT molecular complexity index is 514. The molecular weight excluding hydrogens is 306 g/mol. The quantitative estimate of drug-likeness (QED) is 0.836. The molecule has 18 heavy (non-hydrogen) atoms. The molecule has 1 aromatic carbocycles. The van der Waals surface area contributed by atoms with Crippen molar-refractivity contribution in [3.8, 4) is 0 Å². The van der Waals surface area contributed by atoms with E-state index in [1.165, 1.54) is 25.4 Å². The van der Waals surface area contributed by atoms with Crippen LogP contribution in [0.5, 0.6) is 0 Å². The molecule has 0 bridgehead atoms. The Labute approximate surface area is 121 Å². The Hall–Kier alpha value is -0.640. The molecule has 0 radical (unpaired) electrons. The van der Waals surface area contributed by atoms with Gasteiger partial charge in [-0.05, 0) is 53.9 Å². The van der Waals surface area contributed by atoms with Crippen LogP contribution in [0.1, 0.15) is 33.8 Å². The van der Waals surface area contributed by atoms with Crippen LogP contribution in [-0.2, 0) is 6.54 Å². The van der Waals surface area contributed by atoms with Gasteiger partial charge < -0.3 is 5.32 Å². The van der Waals surface area contributed by atoms with Crippen molar-refractivity contribution in [1.82, 2.24) is 5.32 Å². The van der Waals surface area contributed by atoms with Crippen molar-refractivity contribution in [1.29, 1.82) is 0 Å². The van der Waals surface area contributed by atoms with Crippen molar-refractivity contribution in [3.63, 3.8) is 0 Å². The van der Waals surface area contributed by atoms with Gasteiger partial charge in [-0.25, -0.2) is 0 Å². The van der Waals surface area contributed by atoms with Crippen LogP contribution in [-0.4, -0.2) is 0 Å². The van der Waals surface area contributed by atoms with Crippen molar-refractivity contribution in [2.45, 2.75) is 33.4 Å². The van der Waals surface area contributed by atoms with Gasteiger partial charge in [0.05, 0.1) is 0 Å². The number of rotatable bonds is 4. The van der Waals surface area contributed by atoms with Gasteiger partial charge in [0.15, 0.2) is 0 Å². The van der Waals surface area contributed by atoms with Gasteiger partial charge in [0, 0.05) is 26.8 Å². The summed E-state index contributed by atoms with van der Waals surface area (Å²) in [6, 6.07) is 11.1. The SMILES string of the molecule is Cc1ccccc1C(C)NCc1cc(Br)c(C)s1. The molecule has 0 aliphatic heterocycles. The molecule has 96 valence electrons. The third-order valence-electron chi connectivity index (χ3n) is 3.15. The summed E-state index contributed by atoms with van der Waals surface area (Å²) < 4.78 is 1.22. The van der Waals surface area contributed by atoms with Gasteiger partial charge in [0.25, 0.3) is 0 Å². The number of thiophene rings is 1. The van der Waals surface area contributed by atoms with Gasteiger partial charge >= 0.3 is 0 Å². The van der Waals surface area contributed by atoms with Gasteiger partial charge in [-0.3, -0.25) is 0 Å². The zero-order chi connectivity index (χ0) is 13.1. The van der Waals surface area contributed by atoms with Crippen molar-refractivity contribution < 1.29 is 0 Å². The standard InChI is InChI=1S/C15H18BrNS/c1-10-6-4-5-7-14(10)11(2)17-9-13-8-15(16)12(3)18-13/h4-8,11,17H,9H2,1-3H3. The summed E-state index contributed by atoms with van der Waals surface area (Å²) in [7, 11) is 0. The van der Waals surface area contributed by atoms with Crippen LogP contribution < -0.4 is 5.32 Å². The lowest BCUT2D eigenvalue weighted by molar-refractivity contribution is 0.576. The lowest BCUT2D eigenvalue weighted by Gasteiger charge is -2.15. The van der Waals surface area contributed by atoms with Crippen molar-refractivity contribution in [3.05, 3.63) is 55.7 Å². The molecule has 1 aromatic heterocycles. The van der Waals surface area contributed by atoms with Crippen LogP contribution in [0.4, 0.5) is 0 Å². The predicted octanol–water partition coefficient (Wildman–Crippen LogP) is 4.98. The van der Waals surface area contributed by atoms with E-state index >= 15 is 0 Å². The molecule has 1 unspecified atom stereocenters. The summed E-state index contributed by atoms with van der Waals surface area (Å²) in [5.74, 6) is 0. The third-order valence-corrected chi connectivity index (χ3v) is 5.28. The maximum Gasteiger partial charge on any atom is 0.0314 e. The first-order valence-electron chi connectivity index (χ1n) is 6.11. The molecule has 2 aromatic rings. The Morgan fingerprint density at radius 2 is 2.00 bits per heavy atom. The molecule has 2 rings (SSSR count). The zero-order valence-corrected chi connectivity index (χ0v) is 13.4. The summed E-state index contributed by atoms with van der Waals surface area (Å²) in [6.07, 6.45) is 0. The maximum atomic E-state index is 3.59. The van der Waals surface area contributed by atoms with Crippen LogP contribution in [0.2, 0.25) is 0 Å². The van der Waals surface area contributed by atoms with Crippen LogP contribution >= 0.6 is 27.3 Å². The first-order valence-corrected chi connectivity index (χ1v) is 7.72. The fourth-order valence-electron chi connectivity index (χ4n) is 2.04. The molecule has 1 N–H and O–H groups in total. The highest BCUT2D eigenvalue weighted by Gasteiger charge is 2.08. The number of aryl methyl sites for hydroxylation is 2. The van der Waals surface area contributed by atoms with E-state index in [0.717, 1.165) is 6.54 Å². The Morgan fingerprint density at radius 1 is 1.28 bits per heavy atom. The summed E-state index contributed by atoms with van der Waals surface area (Å²) in [6.45, 7) is 7.45. The van der Waals surface area contributed by atoms with Crippen LogP contribution in [0, 0.1) is 13.8 Å². The second-order valence-electron chi connectivity index (χ2n) is 4.58. The molecule has 0 aliphatic rings. The van der Waals surface area contributed by atoms with Gasteiger partial charge in [0.1, 0.15) is 0 Å². The summed E-state index contributed by atoms with van der Waals surface area (Å²) in [5.41, 5.74) is 2.73. The van der Waals surface area contributed by atoms with Crippen molar-refractivity contribution >= 4 is 27.3 Å². The molecular formula is C15H18BrNS. The van der Waals surface area contributed by atoms with E-state index in [4.69, 9.17) is 0 Å². The molecule has 0 spiro atoms. The van der Waals surface area contributed by atoms with E-state index in [0.29, 0.717) is 6.04 Å². The zero-order valence-electron chi connectivity index (χ0n) is 11.0. The fourth-order valence-corrected chi connectivity index (χ4v) is 3.59. The van der Waals surface area contributed by atoms with E-state index in [1.54, 1.807) is 0 Å². The average molecular weight is 324 g/mol. The average Bonchev–Trinajstić information content (AvgIpc) is 2.66. The molecule has 0 saturated heterocycles. The molecule has 1 nitrogen and oxygen atoms in total. The number of hydrogen-bond acceptors (Lipinski definition) is 2. The lowest BCUT2D eigenvalue weighted by atomic mass is 10.0. The van der Waals surface area contributed by atoms with Crippen LogP contribution in [0.25, 0.3) is 0 Å². The van der Waals surface area contributed by atoms with Crippen LogP contribution in [0.15, 0.2) is 34.8 Å². The minimum atomic E-state index is 0.382. The molecule has 0 amide bonds. The minimum Gasteiger partial charge on any atom is -0.305 e. The monoisotopic (exact) mass is 323 g/mol. The first kappa shape index (κ1) is 13.8. The minimum absolute atomic E-state index is 0.382. The number of hydrogen-bond donors (Lipinski definition) is 1. The van der Waals surface area contributed by atoms with Crippen molar-refractivity contribution in [2.75, 3.05) is 0 Å².